The molecule has 2 unspecified atom stereocenters. The third kappa shape index (κ3) is 4.31. The molecule has 2 atom stereocenters. The molecule has 0 bridgehead atoms. The summed E-state index contributed by atoms with van der Waals surface area (Å²) in [4.78, 5) is 13.0. The average Bonchev–Trinajstić information content (AvgIpc) is 3.17. The van der Waals surface area contributed by atoms with Crippen molar-refractivity contribution in [2.24, 2.45) is 0 Å². The molecule has 0 fully saturated rings. The van der Waals surface area contributed by atoms with Crippen molar-refractivity contribution in [3.05, 3.63) is 64.2 Å². The molecule has 1 N–H and O–H groups in total. The summed E-state index contributed by atoms with van der Waals surface area (Å²) in [5.74, 6) is 2.23. The molecule has 0 saturated carbocycles. The Morgan fingerprint density at radius 2 is 1.79 bits per heavy atom. The van der Waals surface area contributed by atoms with Crippen molar-refractivity contribution in [3.63, 3.8) is 0 Å². The number of ketones is 1. The molecule has 0 saturated heterocycles. The van der Waals surface area contributed by atoms with Crippen LogP contribution in [0.5, 0.6) is 17.2 Å². The zero-order chi connectivity index (χ0) is 23.9. The summed E-state index contributed by atoms with van der Waals surface area (Å²) in [6, 6.07) is 12.2. The second-order valence-electron chi connectivity index (χ2n) is 9.77. The maximum Gasteiger partial charge on any atom is 0.140 e. The van der Waals surface area contributed by atoms with Gasteiger partial charge in [0.2, 0.25) is 0 Å². The van der Waals surface area contributed by atoms with Gasteiger partial charge < -0.3 is 14.6 Å². The number of methoxy groups -OCH3 is 1. The molecule has 174 valence electrons. The third-order valence-electron chi connectivity index (χ3n) is 7.42. The van der Waals surface area contributed by atoms with Gasteiger partial charge in [-0.3, -0.25) is 4.79 Å². The third-order valence-corrected chi connectivity index (χ3v) is 7.42. The summed E-state index contributed by atoms with van der Waals surface area (Å²) in [6.45, 7) is 10.0. The first-order valence-electron chi connectivity index (χ1n) is 11.7. The van der Waals surface area contributed by atoms with E-state index in [4.69, 9.17) is 9.47 Å². The highest BCUT2D eigenvalue weighted by molar-refractivity contribution is 5.89. The molecule has 33 heavy (non-hydrogen) atoms. The van der Waals surface area contributed by atoms with Crippen molar-refractivity contribution < 1.29 is 19.4 Å². The van der Waals surface area contributed by atoms with Crippen molar-refractivity contribution in [2.75, 3.05) is 7.11 Å². The van der Waals surface area contributed by atoms with Gasteiger partial charge in [0.25, 0.3) is 0 Å². The number of hydrogen-bond acceptors (Lipinski definition) is 4. The lowest BCUT2D eigenvalue weighted by molar-refractivity contribution is -0.120. The van der Waals surface area contributed by atoms with Gasteiger partial charge in [0, 0.05) is 24.3 Å². The highest BCUT2D eigenvalue weighted by atomic mass is 16.5. The number of carbonyl (C=O) groups is 1. The molecule has 0 radical (unpaired) electrons. The second-order valence-corrected chi connectivity index (χ2v) is 9.77. The van der Waals surface area contributed by atoms with Gasteiger partial charge in [-0.1, -0.05) is 31.2 Å². The van der Waals surface area contributed by atoms with E-state index in [9.17, 15) is 9.90 Å². The Kier molecular flexibility index (Phi) is 6.13. The van der Waals surface area contributed by atoms with Crippen molar-refractivity contribution in [2.45, 2.75) is 71.8 Å². The van der Waals surface area contributed by atoms with Crippen LogP contribution < -0.4 is 9.47 Å². The monoisotopic (exact) mass is 446 g/mol. The van der Waals surface area contributed by atoms with E-state index < -0.39 is 0 Å². The van der Waals surface area contributed by atoms with Gasteiger partial charge in [-0.05, 0) is 85.7 Å². The highest BCUT2D eigenvalue weighted by Gasteiger charge is 2.38. The highest BCUT2D eigenvalue weighted by Crippen LogP contribution is 2.46. The van der Waals surface area contributed by atoms with E-state index >= 15 is 0 Å². The van der Waals surface area contributed by atoms with Crippen LogP contribution >= 0.6 is 0 Å². The van der Waals surface area contributed by atoms with Crippen molar-refractivity contribution in [1.29, 1.82) is 0 Å². The standard InChI is InChI=1S/C29H34O4/c1-17-18(2)28-25(20(4)27(17)31)16-29(5,33-28)13-7-8-26(30)19(3)21-9-10-23-15-24(32-6)12-11-22(23)14-21/h9-12,14-15,19,31H,7-8,13,16H2,1-6H3. The molecular formula is C29H34O4. The Morgan fingerprint density at radius 3 is 2.52 bits per heavy atom. The summed E-state index contributed by atoms with van der Waals surface area (Å²) >= 11 is 0. The molecule has 0 aliphatic carbocycles. The van der Waals surface area contributed by atoms with Crippen molar-refractivity contribution >= 4 is 16.6 Å². The quantitative estimate of drug-likeness (QED) is 0.438. The molecule has 4 nitrogen and oxygen atoms in total. The molecule has 3 aromatic rings. The lowest BCUT2D eigenvalue weighted by Crippen LogP contribution is -2.30. The predicted molar refractivity (Wildman–Crippen MR) is 133 cm³/mol. The zero-order valence-electron chi connectivity index (χ0n) is 20.5. The molecule has 0 spiro atoms. The van der Waals surface area contributed by atoms with Gasteiger partial charge >= 0.3 is 0 Å². The number of phenols is 1. The van der Waals surface area contributed by atoms with E-state index in [1.54, 1.807) is 7.11 Å². The number of phenolic OH excluding ortho intramolecular Hbond substituents is 1. The first kappa shape index (κ1) is 23.2. The number of Topliss-reactive ketones (excluding diaryl/α,β-unsaturated/α-hetero) is 1. The van der Waals surface area contributed by atoms with E-state index in [0.717, 1.165) is 69.4 Å². The Bertz CT molecular complexity index is 1190. The van der Waals surface area contributed by atoms with Gasteiger partial charge in [-0.15, -0.1) is 0 Å². The number of hydrogen-bond donors (Lipinski definition) is 1. The molecule has 4 rings (SSSR count). The predicted octanol–water partition coefficient (Wildman–Crippen LogP) is 6.72. The fraction of sp³-hybridized carbons (Fsp3) is 0.414. The molecule has 0 amide bonds. The van der Waals surface area contributed by atoms with Crippen LogP contribution in [0, 0.1) is 20.8 Å². The number of benzene rings is 3. The largest absolute Gasteiger partial charge is 0.507 e. The molecule has 4 heteroatoms. The van der Waals surface area contributed by atoms with Crippen LogP contribution in [0.4, 0.5) is 0 Å². The normalized spacial score (nSPS) is 18.1. The van der Waals surface area contributed by atoms with E-state index in [2.05, 4.69) is 19.1 Å². The van der Waals surface area contributed by atoms with Crippen LogP contribution in [-0.2, 0) is 11.2 Å². The molecule has 1 heterocycles. The van der Waals surface area contributed by atoms with Crippen molar-refractivity contribution in [3.8, 4) is 17.2 Å². The Morgan fingerprint density at radius 1 is 1.09 bits per heavy atom. The van der Waals surface area contributed by atoms with Gasteiger partial charge in [0.1, 0.15) is 28.6 Å². The van der Waals surface area contributed by atoms with Crippen LogP contribution in [0.2, 0.25) is 0 Å². The maximum absolute atomic E-state index is 13.0. The number of ether oxygens (including phenoxy) is 2. The second kappa shape index (κ2) is 8.74. The minimum Gasteiger partial charge on any atom is -0.507 e. The Balaban J connectivity index is 1.39. The fourth-order valence-electron chi connectivity index (χ4n) is 4.99. The minimum atomic E-state index is -0.344. The minimum absolute atomic E-state index is 0.143. The van der Waals surface area contributed by atoms with Gasteiger partial charge in [-0.25, -0.2) is 0 Å². The van der Waals surface area contributed by atoms with E-state index in [1.165, 1.54) is 0 Å². The molecule has 0 aromatic heterocycles. The van der Waals surface area contributed by atoms with Gasteiger partial charge in [-0.2, -0.15) is 0 Å². The summed E-state index contributed by atoms with van der Waals surface area (Å²) in [5, 5.41) is 12.6. The molecule has 1 aliphatic heterocycles. The summed E-state index contributed by atoms with van der Waals surface area (Å²) in [7, 11) is 1.67. The summed E-state index contributed by atoms with van der Waals surface area (Å²) in [5.41, 5.74) is 4.61. The van der Waals surface area contributed by atoms with Crippen LogP contribution in [0.1, 0.15) is 66.8 Å². The van der Waals surface area contributed by atoms with Crippen LogP contribution in [0.3, 0.4) is 0 Å². The van der Waals surface area contributed by atoms with Crippen LogP contribution in [0.15, 0.2) is 36.4 Å². The Hall–Kier alpha value is -3.01. The molecule has 1 aliphatic rings. The number of carbonyl (C=O) groups excluding carboxylic acids is 1. The Labute approximate surface area is 196 Å². The van der Waals surface area contributed by atoms with Crippen molar-refractivity contribution in [1.82, 2.24) is 0 Å². The zero-order valence-corrected chi connectivity index (χ0v) is 20.5. The SMILES string of the molecule is COc1ccc2cc(C(C)C(=O)CCCC3(C)Cc4c(C)c(O)c(C)c(C)c4O3)ccc2c1. The first-order valence-corrected chi connectivity index (χ1v) is 11.7. The van der Waals surface area contributed by atoms with Gasteiger partial charge in [0.05, 0.1) is 7.11 Å². The number of fused-ring (bicyclic) bond motifs is 2. The van der Waals surface area contributed by atoms with E-state index in [1.807, 2.05) is 52.0 Å². The lowest BCUT2D eigenvalue weighted by atomic mass is 9.87. The topological polar surface area (TPSA) is 55.8 Å². The van der Waals surface area contributed by atoms with E-state index in [-0.39, 0.29) is 17.3 Å². The lowest BCUT2D eigenvalue weighted by Gasteiger charge is -2.24. The molecule has 3 aromatic carbocycles. The fourth-order valence-corrected chi connectivity index (χ4v) is 4.99. The molecular weight excluding hydrogens is 412 g/mol. The van der Waals surface area contributed by atoms with Crippen LogP contribution in [-0.4, -0.2) is 23.6 Å². The smallest absolute Gasteiger partial charge is 0.140 e. The maximum atomic E-state index is 13.0. The van der Waals surface area contributed by atoms with Gasteiger partial charge in [0.15, 0.2) is 0 Å². The average molecular weight is 447 g/mol. The summed E-state index contributed by atoms with van der Waals surface area (Å²) < 4.78 is 11.7. The number of rotatable bonds is 7. The van der Waals surface area contributed by atoms with E-state index in [0.29, 0.717) is 12.2 Å². The summed E-state index contributed by atoms with van der Waals surface area (Å²) in [6.07, 6.45) is 2.87. The first-order chi connectivity index (χ1) is 15.6. The van der Waals surface area contributed by atoms with Crippen LogP contribution in [0.25, 0.3) is 10.8 Å². The number of aromatic hydroxyl groups is 1.